The highest BCUT2D eigenvalue weighted by molar-refractivity contribution is 6.35. The van der Waals surface area contributed by atoms with E-state index in [-0.39, 0.29) is 5.75 Å². The van der Waals surface area contributed by atoms with Crippen molar-refractivity contribution in [2.24, 2.45) is 5.16 Å². The van der Waals surface area contributed by atoms with E-state index in [0.717, 1.165) is 0 Å². The van der Waals surface area contributed by atoms with Crippen LogP contribution in [0.5, 0.6) is 5.75 Å². The van der Waals surface area contributed by atoms with Crippen molar-refractivity contribution in [2.75, 3.05) is 0 Å². The Labute approximate surface area is 139 Å². The lowest BCUT2D eigenvalue weighted by atomic mass is 10.1. The number of aromatic hydroxyl groups is 1. The van der Waals surface area contributed by atoms with Gasteiger partial charge in [0.25, 0.3) is 0 Å². The Hall–Kier alpha value is -1.78. The molecular formula is C16H16Cl2N2O2. The van der Waals surface area contributed by atoms with E-state index in [9.17, 15) is 5.11 Å². The highest BCUT2D eigenvalue weighted by Gasteiger charge is 2.18. The van der Waals surface area contributed by atoms with Crippen LogP contribution in [0.3, 0.4) is 0 Å². The first-order valence-electron chi connectivity index (χ1n) is 6.63. The molecular weight excluding hydrogens is 323 g/mol. The zero-order valence-corrected chi connectivity index (χ0v) is 14.0. The fourth-order valence-corrected chi connectivity index (χ4v) is 2.21. The van der Waals surface area contributed by atoms with Gasteiger partial charge >= 0.3 is 0 Å². The van der Waals surface area contributed by atoms with Gasteiger partial charge in [-0.1, -0.05) is 28.4 Å². The van der Waals surface area contributed by atoms with E-state index in [4.69, 9.17) is 28.0 Å². The van der Waals surface area contributed by atoms with Crippen molar-refractivity contribution in [2.45, 2.75) is 26.4 Å². The van der Waals surface area contributed by atoms with Gasteiger partial charge < -0.3 is 9.94 Å². The van der Waals surface area contributed by atoms with E-state index < -0.39 is 5.60 Å². The van der Waals surface area contributed by atoms with Crippen LogP contribution in [0.15, 0.2) is 41.7 Å². The predicted octanol–water partition coefficient (Wildman–Crippen LogP) is 4.66. The fraction of sp³-hybridized carbons (Fsp3) is 0.250. The van der Waals surface area contributed by atoms with Gasteiger partial charge in [-0.3, -0.25) is 4.98 Å². The molecule has 0 bridgehead atoms. The molecule has 0 unspecified atom stereocenters. The van der Waals surface area contributed by atoms with Crippen molar-refractivity contribution in [1.82, 2.24) is 4.98 Å². The second-order valence-corrected chi connectivity index (χ2v) is 6.55. The molecule has 0 atom stereocenters. The van der Waals surface area contributed by atoms with Crippen LogP contribution in [0.2, 0.25) is 10.0 Å². The molecule has 0 radical (unpaired) electrons. The first kappa shape index (κ1) is 16.6. The molecule has 22 heavy (non-hydrogen) atoms. The first-order valence-corrected chi connectivity index (χ1v) is 7.39. The minimum Gasteiger partial charge on any atom is -0.506 e. The Morgan fingerprint density at radius 3 is 2.36 bits per heavy atom. The molecule has 0 fully saturated rings. The van der Waals surface area contributed by atoms with Crippen LogP contribution in [-0.2, 0) is 4.84 Å². The number of pyridine rings is 1. The number of hydrogen-bond acceptors (Lipinski definition) is 4. The molecule has 4 nitrogen and oxygen atoms in total. The maximum Gasteiger partial charge on any atom is 0.143 e. The summed E-state index contributed by atoms with van der Waals surface area (Å²) in [5.74, 6) is -0.00476. The van der Waals surface area contributed by atoms with Crippen LogP contribution in [0, 0.1) is 0 Å². The van der Waals surface area contributed by atoms with E-state index in [0.29, 0.717) is 27.0 Å². The Kier molecular flexibility index (Phi) is 4.94. The van der Waals surface area contributed by atoms with Gasteiger partial charge in [0.15, 0.2) is 0 Å². The van der Waals surface area contributed by atoms with Gasteiger partial charge in [-0.25, -0.2) is 0 Å². The van der Waals surface area contributed by atoms with Gasteiger partial charge in [0.2, 0.25) is 0 Å². The quantitative estimate of drug-likeness (QED) is 0.653. The summed E-state index contributed by atoms with van der Waals surface area (Å²) in [5, 5.41) is 15.1. The number of nitrogens with zero attached hydrogens (tertiary/aromatic N) is 2. The number of benzene rings is 1. The van der Waals surface area contributed by atoms with Crippen LogP contribution < -0.4 is 0 Å². The normalized spacial score (nSPS) is 12.3. The lowest BCUT2D eigenvalue weighted by Gasteiger charge is -2.17. The summed E-state index contributed by atoms with van der Waals surface area (Å²) in [7, 11) is 0. The number of halogens is 2. The highest BCUT2D eigenvalue weighted by atomic mass is 35.5. The zero-order chi connectivity index (χ0) is 16.3. The third-order valence-electron chi connectivity index (χ3n) is 2.56. The molecule has 1 aromatic carbocycles. The van der Waals surface area contributed by atoms with Crippen molar-refractivity contribution in [3.05, 3.63) is 57.8 Å². The Balaban J connectivity index is 2.58. The molecule has 0 amide bonds. The van der Waals surface area contributed by atoms with Crippen molar-refractivity contribution in [3.8, 4) is 5.75 Å². The summed E-state index contributed by atoms with van der Waals surface area (Å²) < 4.78 is 0. The topological polar surface area (TPSA) is 54.7 Å². The summed E-state index contributed by atoms with van der Waals surface area (Å²) in [6, 6.07) is 8.15. The molecule has 6 heteroatoms. The van der Waals surface area contributed by atoms with Crippen LogP contribution in [-0.4, -0.2) is 21.4 Å². The molecule has 2 rings (SSSR count). The van der Waals surface area contributed by atoms with E-state index in [1.165, 1.54) is 6.07 Å². The Bertz CT molecular complexity index is 689. The summed E-state index contributed by atoms with van der Waals surface area (Å²) in [4.78, 5) is 9.65. The maximum atomic E-state index is 10.0. The second-order valence-electron chi connectivity index (χ2n) is 5.67. The molecule has 0 saturated heterocycles. The highest BCUT2D eigenvalue weighted by Crippen LogP contribution is 2.25. The van der Waals surface area contributed by atoms with Crippen molar-refractivity contribution >= 4 is 28.9 Å². The van der Waals surface area contributed by atoms with Gasteiger partial charge in [-0.05, 0) is 51.1 Å². The molecule has 0 aliphatic rings. The van der Waals surface area contributed by atoms with Crippen molar-refractivity contribution < 1.29 is 9.94 Å². The lowest BCUT2D eigenvalue weighted by Crippen LogP contribution is -2.18. The van der Waals surface area contributed by atoms with Gasteiger partial charge in [0.05, 0.1) is 0 Å². The van der Waals surface area contributed by atoms with E-state index in [1.807, 2.05) is 20.8 Å². The first-order chi connectivity index (χ1) is 10.3. The second kappa shape index (κ2) is 6.55. The monoisotopic (exact) mass is 338 g/mol. The number of oxime groups is 1. The minimum absolute atomic E-state index is 0.00476. The van der Waals surface area contributed by atoms with Gasteiger partial charge in [-0.2, -0.15) is 0 Å². The van der Waals surface area contributed by atoms with Crippen molar-refractivity contribution in [3.63, 3.8) is 0 Å². The maximum absolute atomic E-state index is 10.0. The SMILES string of the molecule is CC(C)(C)ON=C(c1cc(Cl)cc(Cl)c1)c1ncccc1O. The average Bonchev–Trinajstić information content (AvgIpc) is 2.38. The molecule has 0 aliphatic carbocycles. The number of rotatable bonds is 3. The number of aromatic nitrogens is 1. The van der Waals surface area contributed by atoms with Gasteiger partial charge in [0, 0.05) is 21.8 Å². The minimum atomic E-state index is -0.488. The molecule has 1 N–H and O–H groups in total. The average molecular weight is 339 g/mol. The third kappa shape index (κ3) is 4.36. The Morgan fingerprint density at radius 1 is 1.18 bits per heavy atom. The van der Waals surface area contributed by atoms with Crippen molar-refractivity contribution in [1.29, 1.82) is 0 Å². The summed E-state index contributed by atoms with van der Waals surface area (Å²) in [6.07, 6.45) is 1.56. The molecule has 0 spiro atoms. The molecule has 0 saturated carbocycles. The Morgan fingerprint density at radius 2 is 1.82 bits per heavy atom. The van der Waals surface area contributed by atoms with Crippen LogP contribution in [0.25, 0.3) is 0 Å². The zero-order valence-electron chi connectivity index (χ0n) is 12.5. The van der Waals surface area contributed by atoms with Crippen LogP contribution in [0.1, 0.15) is 32.0 Å². The third-order valence-corrected chi connectivity index (χ3v) is 2.99. The predicted molar refractivity (Wildman–Crippen MR) is 88.8 cm³/mol. The van der Waals surface area contributed by atoms with E-state index >= 15 is 0 Å². The lowest BCUT2D eigenvalue weighted by molar-refractivity contribution is 0.00111. The van der Waals surface area contributed by atoms with Gasteiger partial charge in [0.1, 0.15) is 22.8 Å². The summed E-state index contributed by atoms with van der Waals surface area (Å²) in [5.41, 5.74) is 0.774. The number of hydrogen-bond donors (Lipinski definition) is 1. The summed E-state index contributed by atoms with van der Waals surface area (Å²) >= 11 is 12.1. The summed E-state index contributed by atoms with van der Waals surface area (Å²) in [6.45, 7) is 5.62. The molecule has 1 aromatic heterocycles. The molecule has 2 aromatic rings. The van der Waals surface area contributed by atoms with Crippen LogP contribution >= 0.6 is 23.2 Å². The molecule has 116 valence electrons. The van der Waals surface area contributed by atoms with E-state index in [2.05, 4.69) is 10.1 Å². The fourth-order valence-electron chi connectivity index (χ4n) is 1.69. The largest absolute Gasteiger partial charge is 0.506 e. The smallest absolute Gasteiger partial charge is 0.143 e. The van der Waals surface area contributed by atoms with E-state index in [1.54, 1.807) is 30.5 Å². The molecule has 0 aliphatic heterocycles. The van der Waals surface area contributed by atoms with Crippen LogP contribution in [0.4, 0.5) is 0 Å². The standard InChI is InChI=1S/C16H16Cl2N2O2/c1-16(2,3)22-20-14(15-13(21)5-4-6-19-15)10-7-11(17)9-12(18)8-10/h4-9,21H,1-3H3. The molecule has 1 heterocycles. The van der Waals surface area contributed by atoms with Gasteiger partial charge in [-0.15, -0.1) is 0 Å².